The summed E-state index contributed by atoms with van der Waals surface area (Å²) < 4.78 is 5.07. The summed E-state index contributed by atoms with van der Waals surface area (Å²) in [5.41, 5.74) is 1.20. The van der Waals surface area contributed by atoms with E-state index in [1.54, 1.807) is 13.2 Å². The van der Waals surface area contributed by atoms with Crippen LogP contribution in [0.1, 0.15) is 5.56 Å². The number of aryl methyl sites for hydroxylation is 1. The van der Waals surface area contributed by atoms with E-state index in [-0.39, 0.29) is 10.8 Å². The Kier molecular flexibility index (Phi) is 2.36. The number of halogens is 1. The summed E-state index contributed by atoms with van der Waals surface area (Å²) in [6.07, 6.45) is 0. The fourth-order valence-electron chi connectivity index (χ4n) is 1.47. The van der Waals surface area contributed by atoms with Crippen molar-refractivity contribution in [3.63, 3.8) is 0 Å². The van der Waals surface area contributed by atoms with E-state index >= 15 is 0 Å². The number of nitrogens with one attached hydrogen (secondary N) is 1. The van der Waals surface area contributed by atoms with Crippen LogP contribution in [-0.2, 0) is 0 Å². The Morgan fingerprint density at radius 3 is 2.87 bits per heavy atom. The standard InChI is InChI=1S/C10H9ClN2O2/c1-5-3-6(15-2)4-7-8(5)12-10(11)13-9(7)14/h3-4H,1-2H3,(H,12,13,14). The smallest absolute Gasteiger partial charge is 0.259 e. The Bertz CT molecular complexity index is 577. The van der Waals surface area contributed by atoms with Gasteiger partial charge in [-0.1, -0.05) is 0 Å². The fourth-order valence-corrected chi connectivity index (χ4v) is 1.64. The molecule has 0 amide bonds. The number of aromatic amines is 1. The number of benzene rings is 1. The van der Waals surface area contributed by atoms with E-state index in [9.17, 15) is 4.79 Å². The first-order chi connectivity index (χ1) is 7.11. The minimum absolute atomic E-state index is 0.0979. The highest BCUT2D eigenvalue weighted by Gasteiger charge is 2.07. The van der Waals surface area contributed by atoms with Crippen molar-refractivity contribution in [1.29, 1.82) is 0 Å². The molecule has 0 bridgehead atoms. The molecular formula is C10H9ClN2O2. The van der Waals surface area contributed by atoms with Crippen LogP contribution in [0.25, 0.3) is 10.9 Å². The molecule has 5 heteroatoms. The molecule has 0 unspecified atom stereocenters. The van der Waals surface area contributed by atoms with Crippen LogP contribution >= 0.6 is 11.6 Å². The van der Waals surface area contributed by atoms with E-state index in [0.717, 1.165) is 5.56 Å². The van der Waals surface area contributed by atoms with Gasteiger partial charge in [-0.05, 0) is 36.2 Å². The number of aromatic nitrogens is 2. The number of hydrogen-bond donors (Lipinski definition) is 1. The first kappa shape index (κ1) is 9.98. The summed E-state index contributed by atoms with van der Waals surface area (Å²) in [5, 5.41) is 0.581. The molecule has 0 radical (unpaired) electrons. The van der Waals surface area contributed by atoms with Crippen LogP contribution in [0.3, 0.4) is 0 Å². The Morgan fingerprint density at radius 2 is 2.20 bits per heavy atom. The maximum atomic E-state index is 11.6. The molecule has 1 heterocycles. The highest BCUT2D eigenvalue weighted by Crippen LogP contribution is 2.21. The van der Waals surface area contributed by atoms with Gasteiger partial charge in [-0.25, -0.2) is 4.98 Å². The topological polar surface area (TPSA) is 55.0 Å². The summed E-state index contributed by atoms with van der Waals surface area (Å²) in [7, 11) is 1.55. The SMILES string of the molecule is COc1cc(C)c2nc(Cl)[nH]c(=O)c2c1. The second-order valence-corrected chi connectivity index (χ2v) is 3.56. The molecule has 2 rings (SSSR count). The van der Waals surface area contributed by atoms with Gasteiger partial charge in [-0.2, -0.15) is 0 Å². The van der Waals surface area contributed by atoms with Crippen molar-refractivity contribution in [2.45, 2.75) is 6.92 Å². The zero-order valence-corrected chi connectivity index (χ0v) is 9.05. The largest absolute Gasteiger partial charge is 0.497 e. The zero-order valence-electron chi connectivity index (χ0n) is 8.30. The molecule has 0 fully saturated rings. The maximum absolute atomic E-state index is 11.6. The predicted octanol–water partition coefficient (Wildman–Crippen LogP) is 1.89. The van der Waals surface area contributed by atoms with E-state index in [0.29, 0.717) is 16.7 Å². The number of rotatable bonds is 1. The molecule has 0 spiro atoms. The van der Waals surface area contributed by atoms with Crippen molar-refractivity contribution in [2.24, 2.45) is 0 Å². The summed E-state index contributed by atoms with van der Waals surface area (Å²) in [5.74, 6) is 0.634. The van der Waals surface area contributed by atoms with Gasteiger partial charge < -0.3 is 4.74 Å². The van der Waals surface area contributed by atoms with Crippen molar-refractivity contribution in [3.8, 4) is 5.75 Å². The quantitative estimate of drug-likeness (QED) is 0.753. The van der Waals surface area contributed by atoms with E-state index in [1.807, 2.05) is 13.0 Å². The second kappa shape index (κ2) is 3.55. The zero-order chi connectivity index (χ0) is 11.0. The molecule has 0 aliphatic carbocycles. The Morgan fingerprint density at radius 1 is 1.47 bits per heavy atom. The lowest BCUT2D eigenvalue weighted by Gasteiger charge is -2.04. The Hall–Kier alpha value is -1.55. The van der Waals surface area contributed by atoms with Gasteiger partial charge in [0.25, 0.3) is 5.56 Å². The molecule has 1 aromatic heterocycles. The molecule has 0 atom stereocenters. The minimum atomic E-state index is -0.257. The van der Waals surface area contributed by atoms with Gasteiger partial charge in [-0.3, -0.25) is 9.78 Å². The molecule has 78 valence electrons. The van der Waals surface area contributed by atoms with Crippen molar-refractivity contribution >= 4 is 22.5 Å². The molecular weight excluding hydrogens is 216 g/mol. The number of H-pyrrole nitrogens is 1. The third kappa shape index (κ3) is 1.68. The third-order valence-electron chi connectivity index (χ3n) is 2.18. The molecule has 0 saturated carbocycles. The van der Waals surface area contributed by atoms with Crippen molar-refractivity contribution in [3.05, 3.63) is 33.3 Å². The van der Waals surface area contributed by atoms with Gasteiger partial charge in [0, 0.05) is 0 Å². The highest BCUT2D eigenvalue weighted by atomic mass is 35.5. The minimum Gasteiger partial charge on any atom is -0.497 e. The van der Waals surface area contributed by atoms with Crippen LogP contribution in [0.2, 0.25) is 5.28 Å². The van der Waals surface area contributed by atoms with E-state index in [2.05, 4.69) is 9.97 Å². The summed E-state index contributed by atoms with van der Waals surface area (Å²) >= 11 is 5.67. The molecule has 0 aliphatic heterocycles. The number of methoxy groups -OCH3 is 1. The van der Waals surface area contributed by atoms with Gasteiger partial charge in [-0.15, -0.1) is 0 Å². The van der Waals surface area contributed by atoms with Crippen LogP contribution in [0.5, 0.6) is 5.75 Å². The van der Waals surface area contributed by atoms with E-state index < -0.39 is 0 Å². The second-order valence-electron chi connectivity index (χ2n) is 3.20. The highest BCUT2D eigenvalue weighted by molar-refractivity contribution is 6.28. The predicted molar refractivity (Wildman–Crippen MR) is 58.7 cm³/mol. The van der Waals surface area contributed by atoms with E-state index in [4.69, 9.17) is 16.3 Å². The first-order valence-corrected chi connectivity index (χ1v) is 4.74. The van der Waals surface area contributed by atoms with Gasteiger partial charge in [0.1, 0.15) is 5.75 Å². The summed E-state index contributed by atoms with van der Waals surface area (Å²) in [4.78, 5) is 18.1. The lowest BCUT2D eigenvalue weighted by molar-refractivity contribution is 0.415. The number of nitrogens with zero attached hydrogens (tertiary/aromatic N) is 1. The first-order valence-electron chi connectivity index (χ1n) is 4.36. The van der Waals surface area contributed by atoms with Crippen LogP contribution in [0.15, 0.2) is 16.9 Å². The number of ether oxygens (including phenoxy) is 1. The van der Waals surface area contributed by atoms with E-state index in [1.165, 1.54) is 0 Å². The fraction of sp³-hybridized carbons (Fsp3) is 0.200. The number of hydrogen-bond acceptors (Lipinski definition) is 3. The molecule has 0 saturated heterocycles. The Labute approximate surface area is 90.9 Å². The van der Waals surface area contributed by atoms with Crippen LogP contribution in [0.4, 0.5) is 0 Å². The molecule has 4 nitrogen and oxygen atoms in total. The van der Waals surface area contributed by atoms with Crippen molar-refractivity contribution in [1.82, 2.24) is 9.97 Å². The normalized spacial score (nSPS) is 10.6. The van der Waals surface area contributed by atoms with Gasteiger partial charge >= 0.3 is 0 Å². The maximum Gasteiger partial charge on any atom is 0.259 e. The lowest BCUT2D eigenvalue weighted by Crippen LogP contribution is -2.08. The molecule has 1 aromatic carbocycles. The van der Waals surface area contributed by atoms with Crippen LogP contribution in [-0.4, -0.2) is 17.1 Å². The molecule has 0 aliphatic rings. The van der Waals surface area contributed by atoms with Crippen LogP contribution in [0, 0.1) is 6.92 Å². The monoisotopic (exact) mass is 224 g/mol. The molecule has 1 N–H and O–H groups in total. The third-order valence-corrected chi connectivity index (χ3v) is 2.36. The van der Waals surface area contributed by atoms with Gasteiger partial charge in [0.05, 0.1) is 18.0 Å². The average molecular weight is 225 g/mol. The van der Waals surface area contributed by atoms with Crippen molar-refractivity contribution < 1.29 is 4.74 Å². The van der Waals surface area contributed by atoms with Crippen LogP contribution < -0.4 is 10.3 Å². The van der Waals surface area contributed by atoms with Gasteiger partial charge in [0.15, 0.2) is 0 Å². The number of fused-ring (bicyclic) bond motifs is 1. The average Bonchev–Trinajstić information content (AvgIpc) is 2.19. The molecule has 2 aromatic rings. The van der Waals surface area contributed by atoms with Gasteiger partial charge in [0.2, 0.25) is 5.28 Å². The lowest BCUT2D eigenvalue weighted by atomic mass is 10.1. The summed E-state index contributed by atoms with van der Waals surface area (Å²) in [6, 6.07) is 3.45. The summed E-state index contributed by atoms with van der Waals surface area (Å²) in [6.45, 7) is 1.85. The molecule has 15 heavy (non-hydrogen) atoms. The Balaban J connectivity index is 2.91. The van der Waals surface area contributed by atoms with Crippen molar-refractivity contribution in [2.75, 3.05) is 7.11 Å².